The molecule has 4 N–H and O–H groups in total. The number of nitrogens with two attached hydrogens (primary N) is 2. The maximum atomic E-state index is 5.83. The van der Waals surface area contributed by atoms with Gasteiger partial charge in [-0.05, 0) is 11.6 Å². The van der Waals surface area contributed by atoms with Crippen LogP contribution in [0.5, 0.6) is 0 Å². The van der Waals surface area contributed by atoms with Crippen molar-refractivity contribution in [3.8, 4) is 0 Å². The molecular formula is C9H13N2+. The van der Waals surface area contributed by atoms with E-state index in [1.54, 1.807) is 0 Å². The number of hydrogen-bond acceptors (Lipinski definition) is 1. The molecule has 1 aliphatic rings. The van der Waals surface area contributed by atoms with Gasteiger partial charge in [-0.25, -0.2) is 0 Å². The first-order chi connectivity index (χ1) is 5.38. The summed E-state index contributed by atoms with van der Waals surface area (Å²) < 4.78 is 0. The minimum atomic E-state index is 0.968. The van der Waals surface area contributed by atoms with Gasteiger partial charge in [0.25, 0.3) is 0 Å². The van der Waals surface area contributed by atoms with E-state index in [9.17, 15) is 0 Å². The highest BCUT2D eigenvalue weighted by Crippen LogP contribution is 2.17. The third-order valence-corrected chi connectivity index (χ3v) is 2.27. The number of benzene rings is 1. The molecule has 0 radical (unpaired) electrons. The molecule has 0 aromatic heterocycles. The number of fused-ring (bicyclic) bond motifs is 1. The SMILES string of the molecule is Nc1cccc2c1CC[NH2+]C2. The first-order valence-corrected chi connectivity index (χ1v) is 4.06. The van der Waals surface area contributed by atoms with E-state index in [4.69, 9.17) is 5.73 Å². The van der Waals surface area contributed by atoms with Crippen LogP contribution in [0.15, 0.2) is 18.2 Å². The number of anilines is 1. The lowest BCUT2D eigenvalue weighted by molar-refractivity contribution is -0.673. The molecule has 2 nitrogen and oxygen atoms in total. The molecule has 1 aliphatic heterocycles. The molecule has 1 heterocycles. The Morgan fingerprint density at radius 1 is 1.36 bits per heavy atom. The fourth-order valence-electron chi connectivity index (χ4n) is 1.65. The summed E-state index contributed by atoms with van der Waals surface area (Å²) in [7, 11) is 0. The molecule has 11 heavy (non-hydrogen) atoms. The summed E-state index contributed by atoms with van der Waals surface area (Å²) in [5, 5.41) is 2.32. The van der Waals surface area contributed by atoms with Crippen molar-refractivity contribution in [3.05, 3.63) is 29.3 Å². The van der Waals surface area contributed by atoms with Gasteiger partial charge < -0.3 is 11.1 Å². The van der Waals surface area contributed by atoms with Gasteiger partial charge in [0.2, 0.25) is 0 Å². The fraction of sp³-hybridized carbons (Fsp3) is 0.333. The molecule has 0 amide bonds. The maximum absolute atomic E-state index is 5.83. The van der Waals surface area contributed by atoms with E-state index >= 15 is 0 Å². The van der Waals surface area contributed by atoms with E-state index in [0.717, 1.165) is 18.7 Å². The average molecular weight is 149 g/mol. The van der Waals surface area contributed by atoms with Crippen LogP contribution >= 0.6 is 0 Å². The average Bonchev–Trinajstić information content (AvgIpc) is 2.06. The summed E-state index contributed by atoms with van der Waals surface area (Å²) in [6, 6.07) is 6.19. The Hall–Kier alpha value is -1.02. The van der Waals surface area contributed by atoms with Crippen molar-refractivity contribution < 1.29 is 5.32 Å². The Labute approximate surface area is 66.4 Å². The van der Waals surface area contributed by atoms with E-state index in [2.05, 4.69) is 11.4 Å². The lowest BCUT2D eigenvalue weighted by Gasteiger charge is -2.15. The van der Waals surface area contributed by atoms with E-state index < -0.39 is 0 Å². The normalized spacial score (nSPS) is 16.0. The molecule has 0 unspecified atom stereocenters. The van der Waals surface area contributed by atoms with Crippen molar-refractivity contribution in [2.45, 2.75) is 13.0 Å². The highest BCUT2D eigenvalue weighted by Gasteiger charge is 2.12. The molecule has 1 aromatic rings. The third-order valence-electron chi connectivity index (χ3n) is 2.27. The maximum Gasteiger partial charge on any atom is 0.102 e. The second-order valence-electron chi connectivity index (χ2n) is 3.02. The zero-order chi connectivity index (χ0) is 7.68. The number of rotatable bonds is 0. The Bertz CT molecular complexity index is 268. The molecule has 58 valence electrons. The molecule has 0 bridgehead atoms. The lowest BCUT2D eigenvalue weighted by atomic mass is 9.99. The summed E-state index contributed by atoms with van der Waals surface area (Å²) in [5.41, 5.74) is 9.58. The minimum absolute atomic E-state index is 0.968. The topological polar surface area (TPSA) is 42.6 Å². The second-order valence-corrected chi connectivity index (χ2v) is 3.02. The van der Waals surface area contributed by atoms with Crippen molar-refractivity contribution in [1.82, 2.24) is 0 Å². The minimum Gasteiger partial charge on any atom is -0.398 e. The van der Waals surface area contributed by atoms with E-state index in [1.807, 2.05) is 12.1 Å². The summed E-state index contributed by atoms with van der Waals surface area (Å²) in [5.74, 6) is 0. The molecule has 0 atom stereocenters. The zero-order valence-electron chi connectivity index (χ0n) is 6.51. The Kier molecular flexibility index (Phi) is 1.55. The van der Waals surface area contributed by atoms with Crippen LogP contribution in [0.4, 0.5) is 5.69 Å². The molecule has 2 heteroatoms. The quantitative estimate of drug-likeness (QED) is 0.496. The fourth-order valence-corrected chi connectivity index (χ4v) is 1.65. The summed E-state index contributed by atoms with van der Waals surface area (Å²) in [6.45, 7) is 2.28. The van der Waals surface area contributed by atoms with Crippen LogP contribution in [0.1, 0.15) is 11.1 Å². The number of hydrogen-bond donors (Lipinski definition) is 2. The predicted octanol–water partition coefficient (Wildman–Crippen LogP) is -0.112. The summed E-state index contributed by atoms with van der Waals surface area (Å²) in [4.78, 5) is 0. The molecule has 0 saturated heterocycles. The van der Waals surface area contributed by atoms with Crippen LogP contribution < -0.4 is 11.1 Å². The van der Waals surface area contributed by atoms with Gasteiger partial charge in [0.05, 0.1) is 6.54 Å². The van der Waals surface area contributed by atoms with Crippen LogP contribution in [0.25, 0.3) is 0 Å². The molecule has 0 spiro atoms. The first kappa shape index (κ1) is 6.68. The molecular weight excluding hydrogens is 136 g/mol. The van der Waals surface area contributed by atoms with Crippen molar-refractivity contribution in [3.63, 3.8) is 0 Å². The lowest BCUT2D eigenvalue weighted by Crippen LogP contribution is -2.84. The van der Waals surface area contributed by atoms with Crippen LogP contribution in [0, 0.1) is 0 Å². The van der Waals surface area contributed by atoms with E-state index in [-0.39, 0.29) is 0 Å². The van der Waals surface area contributed by atoms with Crippen LogP contribution in [0.2, 0.25) is 0 Å². The molecule has 1 aromatic carbocycles. The van der Waals surface area contributed by atoms with Gasteiger partial charge in [0, 0.05) is 17.7 Å². The van der Waals surface area contributed by atoms with Gasteiger partial charge in [0.15, 0.2) is 0 Å². The standard InChI is InChI=1S/C9H12N2/c10-9-3-1-2-7-6-11-5-4-8(7)9/h1-3,11H,4-6,10H2/p+1. The van der Waals surface area contributed by atoms with Crippen LogP contribution in [0.3, 0.4) is 0 Å². The Morgan fingerprint density at radius 2 is 2.27 bits per heavy atom. The van der Waals surface area contributed by atoms with Crippen LogP contribution in [-0.4, -0.2) is 6.54 Å². The highest BCUT2D eigenvalue weighted by molar-refractivity contribution is 5.51. The van der Waals surface area contributed by atoms with E-state index in [0.29, 0.717) is 0 Å². The third kappa shape index (κ3) is 1.10. The summed E-state index contributed by atoms with van der Waals surface area (Å²) in [6.07, 6.45) is 1.13. The highest BCUT2D eigenvalue weighted by atomic mass is 14.9. The predicted molar refractivity (Wildman–Crippen MR) is 45.1 cm³/mol. The molecule has 0 fully saturated rings. The van der Waals surface area contributed by atoms with Gasteiger partial charge in [0.1, 0.15) is 6.54 Å². The van der Waals surface area contributed by atoms with Crippen molar-refractivity contribution in [1.29, 1.82) is 0 Å². The Morgan fingerprint density at radius 3 is 3.09 bits per heavy atom. The van der Waals surface area contributed by atoms with Gasteiger partial charge in [-0.1, -0.05) is 12.1 Å². The molecule has 0 saturated carbocycles. The van der Waals surface area contributed by atoms with Gasteiger partial charge in [-0.3, -0.25) is 0 Å². The zero-order valence-corrected chi connectivity index (χ0v) is 6.51. The second kappa shape index (κ2) is 2.55. The molecule has 2 rings (SSSR count). The monoisotopic (exact) mass is 149 g/mol. The largest absolute Gasteiger partial charge is 0.398 e. The van der Waals surface area contributed by atoms with Gasteiger partial charge in [-0.2, -0.15) is 0 Å². The smallest absolute Gasteiger partial charge is 0.102 e. The first-order valence-electron chi connectivity index (χ1n) is 4.06. The van der Waals surface area contributed by atoms with Crippen molar-refractivity contribution in [2.24, 2.45) is 0 Å². The van der Waals surface area contributed by atoms with Gasteiger partial charge in [-0.15, -0.1) is 0 Å². The number of quaternary nitrogens is 1. The molecule has 0 aliphatic carbocycles. The number of nitrogen functional groups attached to an aromatic ring is 1. The van der Waals surface area contributed by atoms with Crippen LogP contribution in [-0.2, 0) is 13.0 Å². The van der Waals surface area contributed by atoms with Gasteiger partial charge >= 0.3 is 0 Å². The Balaban J connectivity index is 2.49. The summed E-state index contributed by atoms with van der Waals surface area (Å²) >= 11 is 0. The van der Waals surface area contributed by atoms with E-state index in [1.165, 1.54) is 17.7 Å². The van der Waals surface area contributed by atoms with Crippen molar-refractivity contribution in [2.75, 3.05) is 12.3 Å². The van der Waals surface area contributed by atoms with Crippen molar-refractivity contribution >= 4 is 5.69 Å².